The lowest BCUT2D eigenvalue weighted by atomic mass is 9.79. The number of hydrogen-bond acceptors (Lipinski definition) is 2. The molecular weight excluding hydrogens is 245 g/mol. The molecule has 2 saturated heterocycles. The van der Waals surface area contributed by atoms with Crippen LogP contribution < -0.4 is 5.32 Å². The molecule has 0 saturated carbocycles. The van der Waals surface area contributed by atoms with E-state index in [0.29, 0.717) is 13.1 Å². The van der Waals surface area contributed by atoms with Crippen LogP contribution in [0.4, 0.5) is 13.2 Å². The van der Waals surface area contributed by atoms with Gasteiger partial charge in [-0.3, -0.25) is 4.79 Å². The van der Waals surface area contributed by atoms with Gasteiger partial charge in [0.25, 0.3) is 0 Å². The van der Waals surface area contributed by atoms with Gasteiger partial charge in [-0.05, 0) is 25.8 Å². The maximum absolute atomic E-state index is 12.1. The second-order valence-electron chi connectivity index (χ2n) is 5.46. The van der Waals surface area contributed by atoms with Crippen molar-refractivity contribution in [2.45, 2.75) is 38.3 Å². The van der Waals surface area contributed by atoms with Gasteiger partial charge in [0.2, 0.25) is 5.91 Å². The van der Waals surface area contributed by atoms with Crippen LogP contribution in [0.15, 0.2) is 0 Å². The standard InChI is InChI=1S/C12H19F3N2O/c13-12(14,15)4-2-10(18)17-7-1-3-11(9-17)5-6-16-8-11/h16H,1-9H2/t11-/m0/s1. The molecule has 1 spiro atoms. The highest BCUT2D eigenvalue weighted by molar-refractivity contribution is 5.76. The third-order valence-electron chi connectivity index (χ3n) is 3.97. The first-order chi connectivity index (χ1) is 8.40. The predicted molar refractivity (Wildman–Crippen MR) is 61.0 cm³/mol. The van der Waals surface area contributed by atoms with Gasteiger partial charge in [-0.2, -0.15) is 13.2 Å². The van der Waals surface area contributed by atoms with Crippen LogP contribution in [0.25, 0.3) is 0 Å². The van der Waals surface area contributed by atoms with Gasteiger partial charge in [0.1, 0.15) is 0 Å². The number of carbonyl (C=O) groups excluding carboxylic acids is 1. The third-order valence-corrected chi connectivity index (χ3v) is 3.97. The maximum atomic E-state index is 12.1. The molecule has 0 aromatic carbocycles. The van der Waals surface area contributed by atoms with Crippen molar-refractivity contribution in [3.05, 3.63) is 0 Å². The summed E-state index contributed by atoms with van der Waals surface area (Å²) in [6, 6.07) is 0. The first-order valence-corrected chi connectivity index (χ1v) is 6.46. The molecule has 1 amide bonds. The van der Waals surface area contributed by atoms with Gasteiger partial charge in [-0.1, -0.05) is 0 Å². The van der Waals surface area contributed by atoms with Crippen LogP contribution >= 0.6 is 0 Å². The fourth-order valence-electron chi connectivity index (χ4n) is 2.97. The second kappa shape index (κ2) is 5.07. The SMILES string of the molecule is O=C(CCC(F)(F)F)N1CCC[C@@]2(CCNC2)C1. The number of rotatable bonds is 2. The molecule has 2 rings (SSSR count). The number of nitrogens with zero attached hydrogens (tertiary/aromatic N) is 1. The minimum absolute atomic E-state index is 0.117. The highest BCUT2D eigenvalue weighted by atomic mass is 19.4. The Kier molecular flexibility index (Phi) is 3.84. The minimum atomic E-state index is -4.24. The number of likely N-dealkylation sites (tertiary alicyclic amines) is 1. The Bertz CT molecular complexity index is 311. The molecule has 0 bridgehead atoms. The van der Waals surface area contributed by atoms with Gasteiger partial charge in [0.15, 0.2) is 0 Å². The third kappa shape index (κ3) is 3.37. The smallest absolute Gasteiger partial charge is 0.342 e. The lowest BCUT2D eigenvalue weighted by molar-refractivity contribution is -0.150. The summed E-state index contributed by atoms with van der Waals surface area (Å²) in [5, 5.41) is 3.28. The largest absolute Gasteiger partial charge is 0.389 e. The molecule has 2 aliphatic rings. The van der Waals surface area contributed by atoms with E-state index in [2.05, 4.69) is 5.32 Å². The summed E-state index contributed by atoms with van der Waals surface area (Å²) < 4.78 is 36.3. The summed E-state index contributed by atoms with van der Waals surface area (Å²) >= 11 is 0. The van der Waals surface area contributed by atoms with Crippen LogP contribution in [-0.4, -0.2) is 43.2 Å². The number of amides is 1. The van der Waals surface area contributed by atoms with E-state index in [1.54, 1.807) is 4.90 Å². The van der Waals surface area contributed by atoms with Crippen molar-refractivity contribution in [3.8, 4) is 0 Å². The molecular formula is C12H19F3N2O. The van der Waals surface area contributed by atoms with Gasteiger partial charge in [0.05, 0.1) is 6.42 Å². The number of nitrogens with one attached hydrogen (secondary N) is 1. The molecule has 2 fully saturated rings. The molecule has 0 radical (unpaired) electrons. The Morgan fingerprint density at radius 2 is 2.11 bits per heavy atom. The molecule has 104 valence electrons. The molecule has 0 aromatic rings. The van der Waals surface area contributed by atoms with Crippen LogP contribution in [0.3, 0.4) is 0 Å². The topological polar surface area (TPSA) is 32.3 Å². The van der Waals surface area contributed by atoms with Gasteiger partial charge in [-0.15, -0.1) is 0 Å². The molecule has 3 nitrogen and oxygen atoms in total. The van der Waals surface area contributed by atoms with Crippen molar-refractivity contribution in [2.24, 2.45) is 5.41 Å². The number of piperidine rings is 1. The fraction of sp³-hybridized carbons (Fsp3) is 0.917. The molecule has 18 heavy (non-hydrogen) atoms. The van der Waals surface area contributed by atoms with Crippen molar-refractivity contribution >= 4 is 5.91 Å². The van der Waals surface area contributed by atoms with Gasteiger partial charge < -0.3 is 10.2 Å². The van der Waals surface area contributed by atoms with Crippen molar-refractivity contribution in [2.75, 3.05) is 26.2 Å². The Labute approximate surface area is 105 Å². The average Bonchev–Trinajstić information content (AvgIpc) is 2.73. The predicted octanol–water partition coefficient (Wildman–Crippen LogP) is 1.93. The Balaban J connectivity index is 1.86. The molecule has 0 aromatic heterocycles. The zero-order valence-corrected chi connectivity index (χ0v) is 10.4. The minimum Gasteiger partial charge on any atom is -0.342 e. The van der Waals surface area contributed by atoms with E-state index in [4.69, 9.17) is 0 Å². The van der Waals surface area contributed by atoms with E-state index >= 15 is 0 Å². The highest BCUT2D eigenvalue weighted by Crippen LogP contribution is 2.36. The summed E-state index contributed by atoms with van der Waals surface area (Å²) in [5.41, 5.74) is 0.117. The summed E-state index contributed by atoms with van der Waals surface area (Å²) in [7, 11) is 0. The van der Waals surface area contributed by atoms with E-state index in [1.807, 2.05) is 0 Å². The average molecular weight is 264 g/mol. The number of carbonyl (C=O) groups is 1. The summed E-state index contributed by atoms with van der Waals surface area (Å²) in [4.78, 5) is 13.4. The van der Waals surface area contributed by atoms with Crippen molar-refractivity contribution in [1.82, 2.24) is 10.2 Å². The monoisotopic (exact) mass is 264 g/mol. The Morgan fingerprint density at radius 3 is 2.72 bits per heavy atom. The van der Waals surface area contributed by atoms with Gasteiger partial charge >= 0.3 is 6.18 Å². The molecule has 0 aliphatic carbocycles. The first kappa shape index (κ1) is 13.6. The Hall–Kier alpha value is -0.780. The zero-order valence-electron chi connectivity index (χ0n) is 10.4. The highest BCUT2D eigenvalue weighted by Gasteiger charge is 2.39. The van der Waals surface area contributed by atoms with Crippen molar-refractivity contribution in [1.29, 1.82) is 0 Å². The van der Waals surface area contributed by atoms with Crippen LogP contribution in [-0.2, 0) is 4.79 Å². The molecule has 0 unspecified atom stereocenters. The fourth-order valence-corrected chi connectivity index (χ4v) is 2.97. The van der Waals surface area contributed by atoms with Crippen molar-refractivity contribution in [3.63, 3.8) is 0 Å². The van der Waals surface area contributed by atoms with E-state index in [0.717, 1.165) is 32.4 Å². The van der Waals surface area contributed by atoms with Gasteiger partial charge in [0, 0.05) is 31.5 Å². The van der Waals surface area contributed by atoms with E-state index in [-0.39, 0.29) is 11.3 Å². The van der Waals surface area contributed by atoms with Crippen LogP contribution in [0.2, 0.25) is 0 Å². The molecule has 2 aliphatic heterocycles. The zero-order chi connectivity index (χ0) is 13.2. The normalized spacial score (nSPS) is 28.9. The van der Waals surface area contributed by atoms with Crippen LogP contribution in [0.1, 0.15) is 32.1 Å². The number of halogens is 3. The lowest BCUT2D eigenvalue weighted by Gasteiger charge is -2.40. The Morgan fingerprint density at radius 1 is 1.33 bits per heavy atom. The van der Waals surface area contributed by atoms with Crippen LogP contribution in [0, 0.1) is 5.41 Å². The van der Waals surface area contributed by atoms with E-state index < -0.39 is 19.0 Å². The summed E-state index contributed by atoms with van der Waals surface area (Å²) in [6.07, 6.45) is -2.66. The molecule has 1 atom stereocenters. The van der Waals surface area contributed by atoms with Gasteiger partial charge in [-0.25, -0.2) is 0 Å². The number of alkyl halides is 3. The number of hydrogen-bond donors (Lipinski definition) is 1. The molecule has 1 N–H and O–H groups in total. The van der Waals surface area contributed by atoms with Crippen LogP contribution in [0.5, 0.6) is 0 Å². The maximum Gasteiger partial charge on any atom is 0.389 e. The quantitative estimate of drug-likeness (QED) is 0.826. The first-order valence-electron chi connectivity index (χ1n) is 6.46. The van der Waals surface area contributed by atoms with Crippen molar-refractivity contribution < 1.29 is 18.0 Å². The summed E-state index contributed by atoms with van der Waals surface area (Å²) in [6.45, 7) is 3.07. The van der Waals surface area contributed by atoms with E-state index in [9.17, 15) is 18.0 Å². The van der Waals surface area contributed by atoms with E-state index in [1.165, 1.54) is 0 Å². The summed E-state index contributed by atoms with van der Waals surface area (Å²) in [5.74, 6) is -0.349. The molecule has 2 heterocycles. The lowest BCUT2D eigenvalue weighted by Crippen LogP contribution is -2.47. The molecule has 6 heteroatoms. The second-order valence-corrected chi connectivity index (χ2v) is 5.46.